The van der Waals surface area contributed by atoms with Gasteiger partial charge in [0.05, 0.1) is 0 Å². The molecule has 2 nitrogen and oxygen atoms in total. The van der Waals surface area contributed by atoms with Gasteiger partial charge in [0, 0.05) is 12.0 Å². The van der Waals surface area contributed by atoms with Gasteiger partial charge >= 0.3 is 0 Å². The average molecular weight is 237 g/mol. The molecule has 0 aromatic heterocycles. The summed E-state index contributed by atoms with van der Waals surface area (Å²) in [5.74, 6) is -0.308. The first-order chi connectivity index (χ1) is 8.13. The van der Waals surface area contributed by atoms with Crippen LogP contribution in [0.4, 0.5) is 4.39 Å². The van der Waals surface area contributed by atoms with E-state index < -0.39 is 0 Å². The van der Waals surface area contributed by atoms with Crippen molar-refractivity contribution >= 4 is 5.78 Å². The zero-order chi connectivity index (χ0) is 12.7. The highest BCUT2D eigenvalue weighted by molar-refractivity contribution is 5.96. The van der Waals surface area contributed by atoms with Crippen molar-refractivity contribution < 1.29 is 9.18 Å². The Kier molecular flexibility index (Phi) is 5.84. The molecular weight excluding hydrogens is 217 g/mol. The number of hydrogen-bond acceptors (Lipinski definition) is 2. The number of ketones is 1. The van der Waals surface area contributed by atoms with E-state index >= 15 is 0 Å². The average Bonchev–Trinajstić information content (AvgIpc) is 2.27. The zero-order valence-electron chi connectivity index (χ0n) is 10.3. The Labute approximate surface area is 102 Å². The van der Waals surface area contributed by atoms with Gasteiger partial charge in [0.25, 0.3) is 0 Å². The Balaban J connectivity index is 2.41. The van der Waals surface area contributed by atoms with Gasteiger partial charge in [0.1, 0.15) is 5.82 Å². The third kappa shape index (κ3) is 5.09. The normalized spacial score (nSPS) is 10.5. The molecule has 0 amide bonds. The van der Waals surface area contributed by atoms with Gasteiger partial charge in [-0.1, -0.05) is 12.8 Å². The summed E-state index contributed by atoms with van der Waals surface area (Å²) >= 11 is 0. The van der Waals surface area contributed by atoms with Crippen molar-refractivity contribution in [3.63, 3.8) is 0 Å². The van der Waals surface area contributed by atoms with Crippen molar-refractivity contribution in [3.8, 4) is 0 Å². The van der Waals surface area contributed by atoms with Gasteiger partial charge < -0.3 is 5.73 Å². The Morgan fingerprint density at radius 1 is 1.18 bits per heavy atom. The van der Waals surface area contributed by atoms with Gasteiger partial charge in [-0.25, -0.2) is 4.39 Å². The second kappa shape index (κ2) is 7.17. The van der Waals surface area contributed by atoms with Crippen LogP contribution in [0.1, 0.15) is 48.0 Å². The van der Waals surface area contributed by atoms with Crippen molar-refractivity contribution in [3.05, 3.63) is 35.1 Å². The Bertz CT molecular complexity index is 356. The smallest absolute Gasteiger partial charge is 0.162 e. The predicted molar refractivity (Wildman–Crippen MR) is 67.6 cm³/mol. The van der Waals surface area contributed by atoms with Crippen molar-refractivity contribution in [2.24, 2.45) is 5.73 Å². The molecule has 0 saturated heterocycles. The Morgan fingerprint density at radius 2 is 1.88 bits per heavy atom. The molecule has 17 heavy (non-hydrogen) atoms. The predicted octanol–water partition coefficient (Wildman–Crippen LogP) is 3.23. The summed E-state index contributed by atoms with van der Waals surface area (Å²) in [7, 11) is 0. The molecule has 1 aromatic rings. The molecule has 0 aliphatic carbocycles. The zero-order valence-corrected chi connectivity index (χ0v) is 10.3. The second-order valence-electron chi connectivity index (χ2n) is 4.39. The molecule has 0 bridgehead atoms. The number of nitrogens with two attached hydrogens (primary N) is 1. The van der Waals surface area contributed by atoms with Crippen LogP contribution in [0, 0.1) is 12.7 Å². The number of aryl methyl sites for hydroxylation is 1. The Morgan fingerprint density at radius 3 is 2.53 bits per heavy atom. The molecule has 0 radical (unpaired) electrons. The number of rotatable bonds is 7. The van der Waals surface area contributed by atoms with Crippen LogP contribution in [0.25, 0.3) is 0 Å². The molecule has 3 heteroatoms. The number of Topliss-reactive ketones (excluding diaryl/α,β-unsaturated/α-hetero) is 1. The molecule has 0 atom stereocenters. The standard InChI is InChI=1S/C14H20FNO/c1-11-8-12(10-13(15)9-11)14(17)6-4-2-3-5-7-16/h8-10H,2-7,16H2,1H3. The van der Waals surface area contributed by atoms with E-state index in [1.165, 1.54) is 12.1 Å². The number of carbonyl (C=O) groups excluding carboxylic acids is 1. The lowest BCUT2D eigenvalue weighted by Crippen LogP contribution is -2.01. The number of halogens is 1. The summed E-state index contributed by atoms with van der Waals surface area (Å²) in [6, 6.07) is 4.48. The van der Waals surface area contributed by atoms with E-state index in [-0.39, 0.29) is 11.6 Å². The summed E-state index contributed by atoms with van der Waals surface area (Å²) in [6.45, 7) is 2.50. The lowest BCUT2D eigenvalue weighted by Gasteiger charge is -2.03. The number of unbranched alkanes of at least 4 members (excludes halogenated alkanes) is 3. The number of hydrogen-bond donors (Lipinski definition) is 1. The molecule has 1 rings (SSSR count). The summed E-state index contributed by atoms with van der Waals surface area (Å²) in [5, 5.41) is 0. The minimum atomic E-state index is -0.337. The molecule has 0 spiro atoms. The molecular formula is C14H20FNO. The van der Waals surface area contributed by atoms with Gasteiger partial charge in [-0.15, -0.1) is 0 Å². The highest BCUT2D eigenvalue weighted by Gasteiger charge is 2.07. The molecule has 0 aliphatic rings. The molecule has 0 heterocycles. The van der Waals surface area contributed by atoms with E-state index in [0.717, 1.165) is 31.2 Å². The minimum Gasteiger partial charge on any atom is -0.330 e. The van der Waals surface area contributed by atoms with Gasteiger partial charge in [-0.05, 0) is 50.1 Å². The second-order valence-corrected chi connectivity index (χ2v) is 4.39. The fourth-order valence-electron chi connectivity index (χ4n) is 1.83. The van der Waals surface area contributed by atoms with Crippen LogP contribution < -0.4 is 5.73 Å². The van der Waals surface area contributed by atoms with E-state index in [1.807, 2.05) is 0 Å². The molecule has 94 valence electrons. The lowest BCUT2D eigenvalue weighted by molar-refractivity contribution is 0.0978. The quantitative estimate of drug-likeness (QED) is 0.584. The van der Waals surface area contributed by atoms with Gasteiger partial charge in [0.2, 0.25) is 0 Å². The van der Waals surface area contributed by atoms with Crippen molar-refractivity contribution in [1.82, 2.24) is 0 Å². The lowest BCUT2D eigenvalue weighted by atomic mass is 10.0. The first kappa shape index (κ1) is 13.8. The van der Waals surface area contributed by atoms with Crippen LogP contribution >= 0.6 is 0 Å². The van der Waals surface area contributed by atoms with Crippen molar-refractivity contribution in [1.29, 1.82) is 0 Å². The maximum absolute atomic E-state index is 13.1. The van der Waals surface area contributed by atoms with E-state index in [0.29, 0.717) is 18.5 Å². The monoisotopic (exact) mass is 237 g/mol. The van der Waals surface area contributed by atoms with Crippen molar-refractivity contribution in [2.45, 2.75) is 39.0 Å². The van der Waals surface area contributed by atoms with Crippen LogP contribution in [0.2, 0.25) is 0 Å². The van der Waals surface area contributed by atoms with Crippen LogP contribution in [0.3, 0.4) is 0 Å². The largest absolute Gasteiger partial charge is 0.330 e. The van der Waals surface area contributed by atoms with Crippen LogP contribution in [-0.4, -0.2) is 12.3 Å². The molecule has 0 unspecified atom stereocenters. The third-order valence-electron chi connectivity index (χ3n) is 2.72. The number of benzene rings is 1. The van der Waals surface area contributed by atoms with Gasteiger partial charge in [-0.3, -0.25) is 4.79 Å². The first-order valence-electron chi connectivity index (χ1n) is 6.14. The third-order valence-corrected chi connectivity index (χ3v) is 2.72. The van der Waals surface area contributed by atoms with Gasteiger partial charge in [-0.2, -0.15) is 0 Å². The fourth-order valence-corrected chi connectivity index (χ4v) is 1.83. The first-order valence-corrected chi connectivity index (χ1v) is 6.14. The van der Waals surface area contributed by atoms with Crippen LogP contribution in [0.15, 0.2) is 18.2 Å². The van der Waals surface area contributed by atoms with E-state index in [4.69, 9.17) is 5.73 Å². The summed E-state index contributed by atoms with van der Waals surface area (Å²) < 4.78 is 13.1. The fraction of sp³-hybridized carbons (Fsp3) is 0.500. The topological polar surface area (TPSA) is 43.1 Å². The summed E-state index contributed by atoms with van der Waals surface area (Å²) in [4.78, 5) is 11.8. The minimum absolute atomic E-state index is 0.0281. The van der Waals surface area contributed by atoms with Gasteiger partial charge in [0.15, 0.2) is 5.78 Å². The summed E-state index contributed by atoms with van der Waals surface area (Å²) in [6.07, 6.45) is 4.43. The number of carbonyl (C=O) groups is 1. The van der Waals surface area contributed by atoms with Crippen LogP contribution in [-0.2, 0) is 0 Å². The molecule has 0 fully saturated rings. The molecule has 0 saturated carbocycles. The maximum Gasteiger partial charge on any atom is 0.162 e. The molecule has 1 aromatic carbocycles. The van der Waals surface area contributed by atoms with Crippen molar-refractivity contribution in [2.75, 3.05) is 6.54 Å². The van der Waals surface area contributed by atoms with E-state index in [2.05, 4.69) is 0 Å². The highest BCUT2D eigenvalue weighted by Crippen LogP contribution is 2.13. The van der Waals surface area contributed by atoms with E-state index in [9.17, 15) is 9.18 Å². The molecule has 2 N–H and O–H groups in total. The van der Waals surface area contributed by atoms with E-state index in [1.54, 1.807) is 13.0 Å². The van der Waals surface area contributed by atoms with Crippen LogP contribution in [0.5, 0.6) is 0 Å². The highest BCUT2D eigenvalue weighted by atomic mass is 19.1. The Hall–Kier alpha value is -1.22. The maximum atomic E-state index is 13.1. The molecule has 0 aliphatic heterocycles. The SMILES string of the molecule is Cc1cc(F)cc(C(=O)CCCCCCN)c1. The summed E-state index contributed by atoms with van der Waals surface area (Å²) in [5.41, 5.74) is 6.66.